The van der Waals surface area contributed by atoms with Crippen LogP contribution < -0.4 is 5.32 Å². The van der Waals surface area contributed by atoms with Gasteiger partial charge in [-0.2, -0.15) is 0 Å². The minimum Gasteiger partial charge on any atom is -0.481 e. The SMILES string of the molecule is CC(C(=O)O)C(=O)Nc1ccc2nccnc2c1. The molecule has 0 spiro atoms. The lowest BCUT2D eigenvalue weighted by atomic mass is 10.1. The summed E-state index contributed by atoms with van der Waals surface area (Å²) in [6, 6.07) is 5.02. The summed E-state index contributed by atoms with van der Waals surface area (Å²) < 4.78 is 0. The highest BCUT2D eigenvalue weighted by Gasteiger charge is 2.20. The highest BCUT2D eigenvalue weighted by molar-refractivity contribution is 6.04. The van der Waals surface area contributed by atoms with E-state index in [9.17, 15) is 9.59 Å². The van der Waals surface area contributed by atoms with Crippen molar-refractivity contribution in [1.82, 2.24) is 9.97 Å². The van der Waals surface area contributed by atoms with Crippen molar-refractivity contribution in [2.24, 2.45) is 5.92 Å². The van der Waals surface area contributed by atoms with Crippen LogP contribution in [0.3, 0.4) is 0 Å². The van der Waals surface area contributed by atoms with Crippen LogP contribution in [0.2, 0.25) is 0 Å². The number of anilines is 1. The molecule has 1 aromatic carbocycles. The number of aliphatic carboxylic acids is 1. The summed E-state index contributed by atoms with van der Waals surface area (Å²) in [6.45, 7) is 1.33. The van der Waals surface area contributed by atoms with Gasteiger partial charge in [0.2, 0.25) is 5.91 Å². The molecule has 2 aromatic rings. The van der Waals surface area contributed by atoms with Gasteiger partial charge in [0.05, 0.1) is 11.0 Å². The zero-order chi connectivity index (χ0) is 13.1. The first-order valence-corrected chi connectivity index (χ1v) is 5.32. The summed E-state index contributed by atoms with van der Waals surface area (Å²) >= 11 is 0. The van der Waals surface area contributed by atoms with E-state index in [1.54, 1.807) is 30.6 Å². The van der Waals surface area contributed by atoms with Crippen LogP contribution in [0.1, 0.15) is 6.92 Å². The Kier molecular flexibility index (Phi) is 3.18. The summed E-state index contributed by atoms with van der Waals surface area (Å²) in [7, 11) is 0. The maximum atomic E-state index is 11.6. The second-order valence-electron chi connectivity index (χ2n) is 3.81. The Morgan fingerprint density at radius 1 is 1.22 bits per heavy atom. The standard InChI is InChI=1S/C12H11N3O3/c1-7(12(17)18)11(16)15-8-2-3-9-10(6-8)14-5-4-13-9/h2-7H,1H3,(H,15,16)(H,17,18). The van der Waals surface area contributed by atoms with E-state index in [1.807, 2.05) is 0 Å². The fraction of sp³-hybridized carbons (Fsp3) is 0.167. The molecule has 1 heterocycles. The van der Waals surface area contributed by atoms with E-state index >= 15 is 0 Å². The Balaban J connectivity index is 2.22. The molecule has 2 N–H and O–H groups in total. The zero-order valence-corrected chi connectivity index (χ0v) is 9.62. The maximum Gasteiger partial charge on any atom is 0.315 e. The van der Waals surface area contributed by atoms with Gasteiger partial charge in [0, 0.05) is 18.1 Å². The fourth-order valence-corrected chi connectivity index (χ4v) is 1.40. The molecule has 0 fully saturated rings. The smallest absolute Gasteiger partial charge is 0.315 e. The fourth-order valence-electron chi connectivity index (χ4n) is 1.40. The van der Waals surface area contributed by atoms with E-state index in [4.69, 9.17) is 5.11 Å². The predicted octanol–water partition coefficient (Wildman–Crippen LogP) is 1.29. The van der Waals surface area contributed by atoms with Crippen LogP contribution in [0.4, 0.5) is 5.69 Å². The Labute approximate surface area is 103 Å². The molecule has 0 saturated heterocycles. The van der Waals surface area contributed by atoms with Gasteiger partial charge in [0.25, 0.3) is 0 Å². The quantitative estimate of drug-likeness (QED) is 0.795. The van der Waals surface area contributed by atoms with Gasteiger partial charge in [-0.15, -0.1) is 0 Å². The number of hydrogen-bond donors (Lipinski definition) is 2. The molecule has 0 bridgehead atoms. The van der Waals surface area contributed by atoms with Crippen molar-refractivity contribution in [2.45, 2.75) is 6.92 Å². The third-order valence-corrected chi connectivity index (χ3v) is 2.50. The molecule has 1 unspecified atom stereocenters. The Bertz CT molecular complexity index is 612. The molecule has 92 valence electrons. The highest BCUT2D eigenvalue weighted by Crippen LogP contribution is 2.15. The Hall–Kier alpha value is -2.50. The number of carboxylic acid groups (broad SMARTS) is 1. The van der Waals surface area contributed by atoms with Gasteiger partial charge in [0.15, 0.2) is 0 Å². The number of benzene rings is 1. The van der Waals surface area contributed by atoms with E-state index in [1.165, 1.54) is 6.92 Å². The van der Waals surface area contributed by atoms with Crippen LogP contribution in [0.25, 0.3) is 11.0 Å². The summed E-state index contributed by atoms with van der Waals surface area (Å²) in [5.74, 6) is -2.82. The van der Waals surface area contributed by atoms with Crippen molar-refractivity contribution in [3.63, 3.8) is 0 Å². The minimum atomic E-state index is -1.16. The molecule has 0 aliphatic heterocycles. The Morgan fingerprint density at radius 3 is 2.56 bits per heavy atom. The lowest BCUT2D eigenvalue weighted by Crippen LogP contribution is -2.26. The van der Waals surface area contributed by atoms with Gasteiger partial charge >= 0.3 is 5.97 Å². The topological polar surface area (TPSA) is 92.2 Å². The average molecular weight is 245 g/mol. The van der Waals surface area contributed by atoms with Crippen LogP contribution in [0.15, 0.2) is 30.6 Å². The van der Waals surface area contributed by atoms with Crippen molar-refractivity contribution >= 4 is 28.6 Å². The third-order valence-electron chi connectivity index (χ3n) is 2.50. The molecule has 0 radical (unpaired) electrons. The molecule has 0 aliphatic rings. The lowest BCUT2D eigenvalue weighted by molar-refractivity contribution is -0.144. The monoisotopic (exact) mass is 245 g/mol. The molecule has 6 heteroatoms. The van der Waals surface area contributed by atoms with Crippen molar-refractivity contribution in [3.8, 4) is 0 Å². The van der Waals surface area contributed by atoms with Gasteiger partial charge in [0.1, 0.15) is 5.92 Å². The number of carbonyl (C=O) groups excluding carboxylic acids is 1. The number of nitrogens with one attached hydrogen (secondary N) is 1. The first-order valence-electron chi connectivity index (χ1n) is 5.32. The summed E-state index contributed by atoms with van der Waals surface area (Å²) in [5.41, 5.74) is 1.85. The zero-order valence-electron chi connectivity index (χ0n) is 9.62. The normalized spacial score (nSPS) is 12.1. The molecule has 1 amide bonds. The number of amides is 1. The molecule has 0 saturated carbocycles. The predicted molar refractivity (Wildman–Crippen MR) is 65.0 cm³/mol. The molecule has 0 aliphatic carbocycles. The van der Waals surface area contributed by atoms with Crippen LogP contribution in [0, 0.1) is 5.92 Å². The summed E-state index contributed by atoms with van der Waals surface area (Å²) in [5, 5.41) is 11.2. The van der Waals surface area contributed by atoms with Gasteiger partial charge in [-0.05, 0) is 25.1 Å². The molecule has 18 heavy (non-hydrogen) atoms. The largest absolute Gasteiger partial charge is 0.481 e. The van der Waals surface area contributed by atoms with E-state index in [-0.39, 0.29) is 0 Å². The second kappa shape index (κ2) is 4.79. The van der Waals surface area contributed by atoms with Crippen molar-refractivity contribution in [3.05, 3.63) is 30.6 Å². The second-order valence-corrected chi connectivity index (χ2v) is 3.81. The first-order chi connectivity index (χ1) is 8.58. The van der Waals surface area contributed by atoms with Crippen LogP contribution in [-0.4, -0.2) is 27.0 Å². The molecule has 1 atom stereocenters. The van der Waals surface area contributed by atoms with Crippen molar-refractivity contribution in [1.29, 1.82) is 0 Å². The Morgan fingerprint density at radius 2 is 1.89 bits per heavy atom. The average Bonchev–Trinajstić information content (AvgIpc) is 2.37. The van der Waals surface area contributed by atoms with E-state index < -0.39 is 17.8 Å². The molecule has 2 rings (SSSR count). The van der Waals surface area contributed by atoms with Crippen molar-refractivity contribution in [2.75, 3.05) is 5.32 Å². The van der Waals surface area contributed by atoms with E-state index in [0.717, 1.165) is 0 Å². The molecular weight excluding hydrogens is 234 g/mol. The number of rotatable bonds is 3. The van der Waals surface area contributed by atoms with Gasteiger partial charge in [-0.3, -0.25) is 19.6 Å². The number of carboxylic acids is 1. The highest BCUT2D eigenvalue weighted by atomic mass is 16.4. The number of carbonyl (C=O) groups is 2. The van der Waals surface area contributed by atoms with Gasteiger partial charge in [-0.25, -0.2) is 0 Å². The minimum absolute atomic E-state index is 0.501. The van der Waals surface area contributed by atoms with Gasteiger partial charge < -0.3 is 10.4 Å². The van der Waals surface area contributed by atoms with Crippen LogP contribution in [-0.2, 0) is 9.59 Å². The lowest BCUT2D eigenvalue weighted by Gasteiger charge is -2.08. The third kappa shape index (κ3) is 2.42. The van der Waals surface area contributed by atoms with Crippen LogP contribution >= 0.6 is 0 Å². The number of fused-ring (bicyclic) bond motifs is 1. The molecule has 1 aromatic heterocycles. The summed E-state index contributed by atoms with van der Waals surface area (Å²) in [6.07, 6.45) is 3.13. The van der Waals surface area contributed by atoms with E-state index in [2.05, 4.69) is 15.3 Å². The summed E-state index contributed by atoms with van der Waals surface area (Å²) in [4.78, 5) is 30.4. The first kappa shape index (κ1) is 12.0. The maximum absolute atomic E-state index is 11.6. The van der Waals surface area contributed by atoms with Gasteiger partial charge in [-0.1, -0.05) is 0 Å². The molecular formula is C12H11N3O3. The number of hydrogen-bond acceptors (Lipinski definition) is 4. The van der Waals surface area contributed by atoms with Crippen molar-refractivity contribution < 1.29 is 14.7 Å². The number of nitrogens with zero attached hydrogens (tertiary/aromatic N) is 2. The van der Waals surface area contributed by atoms with E-state index in [0.29, 0.717) is 16.7 Å². The number of aromatic nitrogens is 2. The van der Waals surface area contributed by atoms with Crippen LogP contribution in [0.5, 0.6) is 0 Å². The molecule has 6 nitrogen and oxygen atoms in total.